The second-order valence-corrected chi connectivity index (χ2v) is 12.6. The highest BCUT2D eigenvalue weighted by Crippen LogP contribution is 2.37. The minimum atomic E-state index is -1.80. The van der Waals surface area contributed by atoms with Gasteiger partial charge in [-0.05, 0) is 53.5 Å². The molecule has 0 atom stereocenters. The van der Waals surface area contributed by atoms with Crippen molar-refractivity contribution in [1.29, 1.82) is 0 Å². The molecule has 0 N–H and O–H groups in total. The molecule has 0 amide bonds. The number of rotatable bonds is 6. The first-order chi connectivity index (χ1) is 12.1. The summed E-state index contributed by atoms with van der Waals surface area (Å²) in [6, 6.07) is 14.1. The van der Waals surface area contributed by atoms with Crippen molar-refractivity contribution >= 4 is 20.5 Å². The Morgan fingerprint density at radius 2 is 1.23 bits per heavy atom. The lowest BCUT2D eigenvalue weighted by Gasteiger charge is -2.36. The highest BCUT2D eigenvalue weighted by atomic mass is 28.4. The van der Waals surface area contributed by atoms with E-state index in [2.05, 4.69) is 58.2 Å². The summed E-state index contributed by atoms with van der Waals surface area (Å²) in [4.78, 5) is 0. The van der Waals surface area contributed by atoms with E-state index in [0.717, 1.165) is 28.4 Å². The summed E-state index contributed by atoms with van der Waals surface area (Å²) in [6.07, 6.45) is 4.12. The zero-order valence-corrected chi connectivity index (χ0v) is 17.9. The van der Waals surface area contributed by atoms with Crippen LogP contribution in [0.15, 0.2) is 42.5 Å². The fourth-order valence-corrected chi connectivity index (χ4v) is 3.24. The number of benzene rings is 2. The Morgan fingerprint density at radius 1 is 0.731 bits per heavy atom. The molecule has 0 spiro atoms. The van der Waals surface area contributed by atoms with Crippen LogP contribution in [0.4, 0.5) is 0 Å². The number of methoxy groups -OCH3 is 2. The molecule has 2 rings (SSSR count). The molecule has 0 unspecified atom stereocenters. The molecule has 140 valence electrons. The summed E-state index contributed by atoms with van der Waals surface area (Å²) >= 11 is 0. The Labute approximate surface area is 158 Å². The van der Waals surface area contributed by atoms with Crippen molar-refractivity contribution in [3.63, 3.8) is 0 Å². The zero-order valence-electron chi connectivity index (χ0n) is 16.9. The van der Waals surface area contributed by atoms with E-state index in [0.29, 0.717) is 0 Å². The van der Waals surface area contributed by atoms with Crippen LogP contribution in [0.3, 0.4) is 0 Å². The van der Waals surface area contributed by atoms with Gasteiger partial charge >= 0.3 is 0 Å². The van der Waals surface area contributed by atoms with Crippen molar-refractivity contribution in [3.05, 3.63) is 53.6 Å². The molecule has 0 aromatic heterocycles. The molecule has 0 saturated heterocycles. The maximum Gasteiger partial charge on any atom is 0.250 e. The van der Waals surface area contributed by atoms with Crippen molar-refractivity contribution in [2.24, 2.45) is 0 Å². The topological polar surface area (TPSA) is 27.7 Å². The summed E-state index contributed by atoms with van der Waals surface area (Å²) in [5.74, 6) is 2.50. The molecular weight excluding hydrogens is 340 g/mol. The molecule has 2 aromatic carbocycles. The maximum absolute atomic E-state index is 6.33. The molecule has 0 saturated carbocycles. The highest BCUT2D eigenvalue weighted by molar-refractivity contribution is 6.74. The van der Waals surface area contributed by atoms with E-state index in [1.165, 1.54) is 0 Å². The van der Waals surface area contributed by atoms with E-state index < -0.39 is 8.32 Å². The van der Waals surface area contributed by atoms with E-state index >= 15 is 0 Å². The summed E-state index contributed by atoms with van der Waals surface area (Å²) in [7, 11) is 1.51. The van der Waals surface area contributed by atoms with E-state index in [1.807, 2.05) is 30.3 Å². The van der Waals surface area contributed by atoms with Gasteiger partial charge < -0.3 is 13.9 Å². The van der Waals surface area contributed by atoms with E-state index in [-0.39, 0.29) is 5.04 Å². The van der Waals surface area contributed by atoms with Gasteiger partial charge in [0.1, 0.15) is 17.2 Å². The van der Waals surface area contributed by atoms with Gasteiger partial charge in [-0.1, -0.05) is 45.1 Å². The van der Waals surface area contributed by atoms with Crippen molar-refractivity contribution in [2.45, 2.75) is 38.9 Å². The minimum Gasteiger partial charge on any atom is -0.544 e. The Bertz CT molecular complexity index is 734. The summed E-state index contributed by atoms with van der Waals surface area (Å²) in [5, 5.41) is 0.191. The molecule has 4 heteroatoms. The van der Waals surface area contributed by atoms with Crippen LogP contribution in [-0.2, 0) is 0 Å². The van der Waals surface area contributed by atoms with Crippen molar-refractivity contribution in [2.75, 3.05) is 14.2 Å². The molecule has 0 radical (unpaired) electrons. The SMILES string of the molecule is COc1cc(/C=C/c2ccc(O[Si](C)(C)C(C)(C)C)cc2)cc(OC)c1. The lowest BCUT2D eigenvalue weighted by Crippen LogP contribution is -2.43. The molecule has 26 heavy (non-hydrogen) atoms. The molecule has 0 fully saturated rings. The van der Waals surface area contributed by atoms with Crippen molar-refractivity contribution in [3.8, 4) is 17.2 Å². The Hall–Kier alpha value is -2.20. The molecule has 0 aliphatic heterocycles. The van der Waals surface area contributed by atoms with Crippen molar-refractivity contribution < 1.29 is 13.9 Å². The Morgan fingerprint density at radius 3 is 1.69 bits per heavy atom. The lowest BCUT2D eigenvalue weighted by atomic mass is 10.1. The van der Waals surface area contributed by atoms with Gasteiger partial charge in [0.05, 0.1) is 14.2 Å². The van der Waals surface area contributed by atoms with Crippen LogP contribution in [0, 0.1) is 0 Å². The molecular formula is C22H30O3Si. The number of ether oxygens (including phenoxy) is 2. The third kappa shape index (κ3) is 5.15. The number of hydrogen-bond acceptors (Lipinski definition) is 3. The third-order valence-electron chi connectivity index (χ3n) is 4.90. The molecule has 3 nitrogen and oxygen atoms in total. The third-order valence-corrected chi connectivity index (χ3v) is 9.26. The average molecular weight is 371 g/mol. The fraction of sp³-hybridized carbons (Fsp3) is 0.364. The molecule has 2 aromatic rings. The van der Waals surface area contributed by atoms with Gasteiger partial charge in [0.15, 0.2) is 0 Å². The van der Waals surface area contributed by atoms with Gasteiger partial charge in [-0.25, -0.2) is 0 Å². The smallest absolute Gasteiger partial charge is 0.250 e. The normalized spacial score (nSPS) is 12.3. The molecule has 0 bridgehead atoms. The quantitative estimate of drug-likeness (QED) is 0.444. The van der Waals surface area contributed by atoms with Gasteiger partial charge in [0.25, 0.3) is 0 Å². The van der Waals surface area contributed by atoms with E-state index in [9.17, 15) is 0 Å². The first-order valence-corrected chi connectivity index (χ1v) is 11.8. The lowest BCUT2D eigenvalue weighted by molar-refractivity contribution is 0.394. The standard InChI is InChI=1S/C22H30O3Si/c1-22(2,3)26(6,7)25-19-12-10-17(11-13-19)8-9-18-14-20(23-4)16-21(15-18)24-5/h8-16H,1-7H3/b9-8+. The van der Waals surface area contributed by atoms with Crippen LogP contribution in [0.2, 0.25) is 18.1 Å². The predicted molar refractivity (Wildman–Crippen MR) is 113 cm³/mol. The average Bonchev–Trinajstić information content (AvgIpc) is 2.59. The molecule has 0 heterocycles. The van der Waals surface area contributed by atoms with Crippen LogP contribution >= 0.6 is 0 Å². The highest BCUT2D eigenvalue weighted by Gasteiger charge is 2.38. The van der Waals surface area contributed by atoms with E-state index in [1.54, 1.807) is 14.2 Å². The monoisotopic (exact) mass is 370 g/mol. The van der Waals surface area contributed by atoms with Crippen LogP contribution in [0.1, 0.15) is 31.9 Å². The predicted octanol–water partition coefficient (Wildman–Crippen LogP) is 6.26. The largest absolute Gasteiger partial charge is 0.544 e. The van der Waals surface area contributed by atoms with Gasteiger partial charge in [0, 0.05) is 6.07 Å². The second-order valence-electron chi connectivity index (χ2n) is 7.91. The summed E-state index contributed by atoms with van der Waals surface area (Å²) in [5.41, 5.74) is 2.15. The van der Waals surface area contributed by atoms with Crippen LogP contribution < -0.4 is 13.9 Å². The van der Waals surface area contributed by atoms with Crippen molar-refractivity contribution in [1.82, 2.24) is 0 Å². The van der Waals surface area contributed by atoms with Crippen LogP contribution in [0.25, 0.3) is 12.2 Å². The summed E-state index contributed by atoms with van der Waals surface area (Å²) in [6.45, 7) is 11.3. The molecule has 0 aliphatic rings. The first-order valence-electron chi connectivity index (χ1n) is 8.85. The van der Waals surface area contributed by atoms with Gasteiger partial charge in [-0.2, -0.15) is 0 Å². The van der Waals surface area contributed by atoms with Gasteiger partial charge in [-0.3, -0.25) is 0 Å². The zero-order chi connectivity index (χ0) is 19.4. The first kappa shape index (κ1) is 20.1. The van der Waals surface area contributed by atoms with Gasteiger partial charge in [-0.15, -0.1) is 0 Å². The molecule has 0 aliphatic carbocycles. The second kappa shape index (κ2) is 8.00. The van der Waals surface area contributed by atoms with Crippen LogP contribution in [-0.4, -0.2) is 22.5 Å². The van der Waals surface area contributed by atoms with Gasteiger partial charge in [0.2, 0.25) is 8.32 Å². The fourth-order valence-electron chi connectivity index (χ4n) is 2.21. The maximum atomic E-state index is 6.33. The Balaban J connectivity index is 2.13. The van der Waals surface area contributed by atoms with E-state index in [4.69, 9.17) is 13.9 Å². The Kier molecular flexibility index (Phi) is 6.19. The van der Waals surface area contributed by atoms with Crippen LogP contribution in [0.5, 0.6) is 17.2 Å². The minimum absolute atomic E-state index is 0.191. The number of hydrogen-bond donors (Lipinski definition) is 0. The summed E-state index contributed by atoms with van der Waals surface area (Å²) < 4.78 is 17.0.